The van der Waals surface area contributed by atoms with Gasteiger partial charge in [0.2, 0.25) is 11.8 Å². The molecule has 2 amide bonds. The van der Waals surface area contributed by atoms with Crippen molar-refractivity contribution < 1.29 is 14.3 Å². The number of amides is 2. The van der Waals surface area contributed by atoms with E-state index in [1.54, 1.807) is 37.6 Å². The van der Waals surface area contributed by atoms with E-state index in [9.17, 15) is 9.59 Å². The van der Waals surface area contributed by atoms with Crippen molar-refractivity contribution in [2.24, 2.45) is 5.92 Å². The molecule has 6 heteroatoms. The van der Waals surface area contributed by atoms with Crippen molar-refractivity contribution in [2.45, 2.75) is 33.4 Å². The van der Waals surface area contributed by atoms with Crippen LogP contribution in [-0.4, -0.2) is 29.9 Å². The normalized spacial score (nSPS) is 11.7. The number of pyridine rings is 1. The van der Waals surface area contributed by atoms with Crippen LogP contribution in [0.4, 0.5) is 0 Å². The Hall–Kier alpha value is -2.89. The van der Waals surface area contributed by atoms with Crippen LogP contribution in [0.1, 0.15) is 35.3 Å². The molecule has 2 N–H and O–H groups in total. The Morgan fingerprint density at radius 1 is 1.19 bits per heavy atom. The summed E-state index contributed by atoms with van der Waals surface area (Å²) < 4.78 is 5.08. The fourth-order valence-electron chi connectivity index (χ4n) is 2.52. The van der Waals surface area contributed by atoms with Crippen LogP contribution in [0.5, 0.6) is 5.88 Å². The third-order valence-electron chi connectivity index (χ3n) is 3.99. The summed E-state index contributed by atoms with van der Waals surface area (Å²) in [5, 5.41) is 5.69. The first-order valence-electron chi connectivity index (χ1n) is 8.55. The van der Waals surface area contributed by atoms with Crippen molar-refractivity contribution in [1.82, 2.24) is 15.6 Å². The number of carbonyl (C=O) groups is 2. The van der Waals surface area contributed by atoms with Crippen LogP contribution >= 0.6 is 0 Å². The monoisotopic (exact) mass is 355 g/mol. The molecule has 2 aromatic rings. The van der Waals surface area contributed by atoms with Crippen LogP contribution < -0.4 is 15.4 Å². The second-order valence-corrected chi connectivity index (χ2v) is 6.49. The van der Waals surface area contributed by atoms with Crippen molar-refractivity contribution in [3.05, 3.63) is 59.3 Å². The van der Waals surface area contributed by atoms with Gasteiger partial charge in [-0.3, -0.25) is 9.59 Å². The van der Waals surface area contributed by atoms with E-state index in [1.807, 2.05) is 32.9 Å². The Morgan fingerprint density at radius 3 is 2.62 bits per heavy atom. The van der Waals surface area contributed by atoms with E-state index in [0.29, 0.717) is 18.0 Å². The molecule has 1 heterocycles. The summed E-state index contributed by atoms with van der Waals surface area (Å²) in [5.74, 6) is -0.0365. The summed E-state index contributed by atoms with van der Waals surface area (Å²) >= 11 is 0. The molecule has 2 rings (SSSR count). The van der Waals surface area contributed by atoms with Crippen LogP contribution in [0.3, 0.4) is 0 Å². The maximum Gasteiger partial charge on any atom is 0.251 e. The Labute approximate surface area is 154 Å². The van der Waals surface area contributed by atoms with Gasteiger partial charge >= 0.3 is 0 Å². The number of ether oxygens (including phenoxy) is 1. The lowest BCUT2D eigenvalue weighted by molar-refractivity contribution is -0.124. The predicted octanol–water partition coefficient (Wildman–Crippen LogP) is 2.47. The number of carbonyl (C=O) groups excluding carboxylic acids is 2. The number of hydrogen-bond acceptors (Lipinski definition) is 4. The molecule has 6 nitrogen and oxygen atoms in total. The Balaban J connectivity index is 2.01. The van der Waals surface area contributed by atoms with E-state index < -0.39 is 6.04 Å². The Morgan fingerprint density at radius 2 is 1.96 bits per heavy atom. The molecule has 1 unspecified atom stereocenters. The van der Waals surface area contributed by atoms with Gasteiger partial charge in [-0.25, -0.2) is 4.98 Å². The quantitative estimate of drug-likeness (QED) is 0.799. The van der Waals surface area contributed by atoms with Gasteiger partial charge in [0, 0.05) is 24.4 Å². The molecule has 1 aromatic carbocycles. The van der Waals surface area contributed by atoms with E-state index in [1.165, 1.54) is 0 Å². The number of methoxy groups -OCH3 is 1. The molecule has 26 heavy (non-hydrogen) atoms. The first-order chi connectivity index (χ1) is 12.4. The molecule has 0 saturated heterocycles. The van der Waals surface area contributed by atoms with Gasteiger partial charge < -0.3 is 15.4 Å². The molecule has 0 bridgehead atoms. The first kappa shape index (κ1) is 19.4. The lowest BCUT2D eigenvalue weighted by Crippen LogP contribution is -2.49. The topological polar surface area (TPSA) is 80.3 Å². The molecule has 0 spiro atoms. The zero-order valence-corrected chi connectivity index (χ0v) is 15.6. The second-order valence-electron chi connectivity index (χ2n) is 6.49. The van der Waals surface area contributed by atoms with Crippen LogP contribution in [0.25, 0.3) is 0 Å². The number of nitrogens with one attached hydrogen (secondary N) is 2. The largest absolute Gasteiger partial charge is 0.481 e. The Bertz CT molecular complexity index is 774. The molecule has 0 saturated carbocycles. The number of nitrogens with zero attached hydrogens (tertiary/aromatic N) is 1. The number of hydrogen-bond donors (Lipinski definition) is 2. The number of aromatic nitrogens is 1. The smallest absolute Gasteiger partial charge is 0.251 e. The van der Waals surface area contributed by atoms with E-state index in [-0.39, 0.29) is 17.7 Å². The summed E-state index contributed by atoms with van der Waals surface area (Å²) in [4.78, 5) is 29.1. The van der Waals surface area contributed by atoms with Crippen LogP contribution in [0.15, 0.2) is 42.6 Å². The van der Waals surface area contributed by atoms with E-state index >= 15 is 0 Å². The van der Waals surface area contributed by atoms with Gasteiger partial charge in [-0.05, 0) is 36.6 Å². The lowest BCUT2D eigenvalue weighted by atomic mass is 10.0. The SMILES string of the molecule is COc1cc(CNC(=O)C(NC(=O)c2cccc(C)c2)C(C)C)ccn1. The van der Waals surface area contributed by atoms with Gasteiger partial charge in [0.15, 0.2) is 0 Å². The van der Waals surface area contributed by atoms with Gasteiger partial charge in [-0.15, -0.1) is 0 Å². The zero-order chi connectivity index (χ0) is 19.1. The average molecular weight is 355 g/mol. The standard InChI is InChI=1S/C20H25N3O3/c1-13(2)18(23-19(24)16-7-5-6-14(3)10-16)20(25)22-12-15-8-9-21-17(11-15)26-4/h5-11,13,18H,12H2,1-4H3,(H,22,25)(H,23,24). The molecule has 138 valence electrons. The maximum atomic E-state index is 12.6. The maximum absolute atomic E-state index is 12.6. The van der Waals surface area contributed by atoms with Crippen molar-refractivity contribution in [3.63, 3.8) is 0 Å². The molecule has 0 fully saturated rings. The lowest BCUT2D eigenvalue weighted by Gasteiger charge is -2.22. The average Bonchev–Trinajstić information content (AvgIpc) is 2.63. The fourth-order valence-corrected chi connectivity index (χ4v) is 2.52. The van der Waals surface area contributed by atoms with Crippen molar-refractivity contribution in [1.29, 1.82) is 0 Å². The summed E-state index contributed by atoms with van der Waals surface area (Å²) in [6.45, 7) is 6.06. The molecule has 1 atom stereocenters. The van der Waals surface area contributed by atoms with Crippen molar-refractivity contribution in [2.75, 3.05) is 7.11 Å². The highest BCUT2D eigenvalue weighted by molar-refractivity contribution is 5.97. The highest BCUT2D eigenvalue weighted by Gasteiger charge is 2.24. The summed E-state index contributed by atoms with van der Waals surface area (Å²) in [7, 11) is 1.54. The predicted molar refractivity (Wildman–Crippen MR) is 99.9 cm³/mol. The third kappa shape index (κ3) is 5.31. The summed E-state index contributed by atoms with van der Waals surface area (Å²) in [5.41, 5.74) is 2.41. The minimum absolute atomic E-state index is 0.0456. The van der Waals surface area contributed by atoms with E-state index in [0.717, 1.165) is 11.1 Å². The third-order valence-corrected chi connectivity index (χ3v) is 3.99. The minimum atomic E-state index is -0.619. The van der Waals surface area contributed by atoms with Crippen molar-refractivity contribution >= 4 is 11.8 Å². The van der Waals surface area contributed by atoms with Gasteiger partial charge in [0.1, 0.15) is 6.04 Å². The molecule has 1 aromatic heterocycles. The highest BCUT2D eigenvalue weighted by Crippen LogP contribution is 2.10. The van der Waals surface area contributed by atoms with Crippen LogP contribution in [0.2, 0.25) is 0 Å². The fraction of sp³-hybridized carbons (Fsp3) is 0.350. The molecule has 0 radical (unpaired) electrons. The molecule has 0 aliphatic heterocycles. The van der Waals surface area contributed by atoms with Crippen LogP contribution in [-0.2, 0) is 11.3 Å². The number of benzene rings is 1. The van der Waals surface area contributed by atoms with Gasteiger partial charge in [-0.1, -0.05) is 31.5 Å². The summed E-state index contributed by atoms with van der Waals surface area (Å²) in [6, 6.07) is 10.2. The van der Waals surface area contributed by atoms with Crippen LogP contribution in [0, 0.1) is 12.8 Å². The summed E-state index contributed by atoms with van der Waals surface area (Å²) in [6.07, 6.45) is 1.62. The van der Waals surface area contributed by atoms with Crippen molar-refractivity contribution in [3.8, 4) is 5.88 Å². The molecule has 0 aliphatic carbocycles. The minimum Gasteiger partial charge on any atom is -0.481 e. The molecule has 0 aliphatic rings. The van der Waals surface area contributed by atoms with E-state index in [2.05, 4.69) is 15.6 Å². The molecular weight excluding hydrogens is 330 g/mol. The molecular formula is C20H25N3O3. The zero-order valence-electron chi connectivity index (χ0n) is 15.6. The van der Waals surface area contributed by atoms with Gasteiger partial charge in [0.05, 0.1) is 7.11 Å². The number of aryl methyl sites for hydroxylation is 1. The van der Waals surface area contributed by atoms with E-state index in [4.69, 9.17) is 4.74 Å². The highest BCUT2D eigenvalue weighted by atomic mass is 16.5. The van der Waals surface area contributed by atoms with Gasteiger partial charge in [0.25, 0.3) is 5.91 Å². The first-order valence-corrected chi connectivity index (χ1v) is 8.55. The Kier molecular flexibility index (Phi) is 6.72. The van der Waals surface area contributed by atoms with Gasteiger partial charge in [-0.2, -0.15) is 0 Å². The number of rotatable bonds is 7. The second kappa shape index (κ2) is 8.99.